The van der Waals surface area contributed by atoms with E-state index in [-0.39, 0.29) is 18.2 Å². The van der Waals surface area contributed by atoms with Gasteiger partial charge in [0.15, 0.2) is 15.6 Å². The maximum absolute atomic E-state index is 13.1. The maximum Gasteiger partial charge on any atom is 0.296 e. The number of rotatable bonds is 4. The van der Waals surface area contributed by atoms with E-state index in [2.05, 4.69) is 25.9 Å². The monoisotopic (exact) mass is 461 g/mol. The summed E-state index contributed by atoms with van der Waals surface area (Å²) in [6.07, 6.45) is 1.70. The van der Waals surface area contributed by atoms with Crippen LogP contribution in [0.5, 0.6) is 0 Å². The van der Waals surface area contributed by atoms with Crippen LogP contribution in [0.15, 0.2) is 57.7 Å². The molecule has 0 bridgehead atoms. The lowest BCUT2D eigenvalue weighted by molar-refractivity contribution is 0.0957. The van der Waals surface area contributed by atoms with E-state index >= 15 is 0 Å². The third-order valence-electron chi connectivity index (χ3n) is 3.99. The zero-order valence-corrected chi connectivity index (χ0v) is 17.3. The Bertz CT molecular complexity index is 1090. The van der Waals surface area contributed by atoms with E-state index in [4.69, 9.17) is 16.0 Å². The Morgan fingerprint density at radius 2 is 2.11 bits per heavy atom. The molecule has 8 heteroatoms. The summed E-state index contributed by atoms with van der Waals surface area (Å²) in [5, 5.41) is 1.16. The van der Waals surface area contributed by atoms with Crippen LogP contribution in [-0.4, -0.2) is 15.9 Å². The predicted octanol–water partition coefficient (Wildman–Crippen LogP) is 5.86. The molecular formula is C19H13BrClN3O2S. The number of carbonyl (C=O) groups is 1. The van der Waals surface area contributed by atoms with E-state index in [9.17, 15) is 4.79 Å². The summed E-state index contributed by atoms with van der Waals surface area (Å²) >= 11 is 11.0. The molecule has 0 fully saturated rings. The van der Waals surface area contributed by atoms with Crippen LogP contribution in [0.4, 0.5) is 5.13 Å². The van der Waals surface area contributed by atoms with E-state index in [0.29, 0.717) is 14.8 Å². The molecule has 4 rings (SSSR count). The highest BCUT2D eigenvalue weighted by molar-refractivity contribution is 9.10. The minimum absolute atomic E-state index is 0.222. The molecule has 27 heavy (non-hydrogen) atoms. The molecule has 0 saturated carbocycles. The van der Waals surface area contributed by atoms with Gasteiger partial charge in [-0.05, 0) is 58.7 Å². The topological polar surface area (TPSA) is 59.2 Å². The number of aromatic nitrogens is 2. The average molecular weight is 463 g/mol. The molecule has 0 aliphatic heterocycles. The standard InChI is InChI=1S/C19H13BrClN3O2S/c1-11-5-6-13(21)17-16(11)23-19(27-17)24(10-12-4-2-3-9-22-12)18(25)14-7-8-15(20)26-14/h2-9H,10H2,1H3. The molecule has 0 atom stereocenters. The lowest BCUT2D eigenvalue weighted by Crippen LogP contribution is -2.30. The second kappa shape index (κ2) is 7.42. The van der Waals surface area contributed by atoms with Gasteiger partial charge in [0.2, 0.25) is 0 Å². The number of hydrogen-bond donors (Lipinski definition) is 0. The number of hydrogen-bond acceptors (Lipinski definition) is 5. The normalized spacial score (nSPS) is 11.1. The van der Waals surface area contributed by atoms with Gasteiger partial charge < -0.3 is 4.42 Å². The summed E-state index contributed by atoms with van der Waals surface area (Å²) in [4.78, 5) is 23.7. The number of nitrogens with zero attached hydrogens (tertiary/aromatic N) is 3. The van der Waals surface area contributed by atoms with Crippen LogP contribution in [0.25, 0.3) is 10.2 Å². The molecule has 0 unspecified atom stereocenters. The summed E-state index contributed by atoms with van der Waals surface area (Å²) in [7, 11) is 0. The van der Waals surface area contributed by atoms with Crippen LogP contribution >= 0.6 is 38.9 Å². The molecule has 0 spiro atoms. The summed E-state index contributed by atoms with van der Waals surface area (Å²) in [5.74, 6) is -0.0703. The van der Waals surface area contributed by atoms with Crippen LogP contribution in [0.3, 0.4) is 0 Å². The van der Waals surface area contributed by atoms with Gasteiger partial charge in [-0.2, -0.15) is 0 Å². The molecule has 136 valence electrons. The third-order valence-corrected chi connectivity index (χ3v) is 5.96. The number of amides is 1. The minimum Gasteiger partial charge on any atom is -0.444 e. The van der Waals surface area contributed by atoms with E-state index < -0.39 is 0 Å². The fourth-order valence-corrected chi connectivity index (χ4v) is 4.27. The average Bonchev–Trinajstić information content (AvgIpc) is 3.30. The number of halogens is 2. The first-order chi connectivity index (χ1) is 13.0. The number of benzene rings is 1. The minimum atomic E-state index is -0.292. The number of fused-ring (bicyclic) bond motifs is 1. The van der Waals surface area contributed by atoms with Crippen molar-refractivity contribution in [2.24, 2.45) is 0 Å². The van der Waals surface area contributed by atoms with Crippen LogP contribution in [-0.2, 0) is 6.54 Å². The van der Waals surface area contributed by atoms with Crippen molar-refractivity contribution in [3.8, 4) is 0 Å². The Balaban J connectivity index is 1.81. The van der Waals surface area contributed by atoms with E-state index in [1.807, 2.05) is 37.3 Å². The Morgan fingerprint density at radius 1 is 1.26 bits per heavy atom. The maximum atomic E-state index is 13.1. The van der Waals surface area contributed by atoms with Gasteiger partial charge in [-0.15, -0.1) is 0 Å². The van der Waals surface area contributed by atoms with Gasteiger partial charge in [0, 0.05) is 6.20 Å². The van der Waals surface area contributed by atoms with Gasteiger partial charge in [-0.3, -0.25) is 14.7 Å². The quantitative estimate of drug-likeness (QED) is 0.381. The summed E-state index contributed by atoms with van der Waals surface area (Å²) in [6.45, 7) is 2.24. The summed E-state index contributed by atoms with van der Waals surface area (Å²) in [5.41, 5.74) is 2.54. The molecule has 0 N–H and O–H groups in total. The lowest BCUT2D eigenvalue weighted by Gasteiger charge is -2.18. The fraction of sp³-hybridized carbons (Fsp3) is 0.105. The highest BCUT2D eigenvalue weighted by atomic mass is 79.9. The van der Waals surface area contributed by atoms with Crippen molar-refractivity contribution in [1.29, 1.82) is 0 Å². The molecule has 0 saturated heterocycles. The van der Waals surface area contributed by atoms with Crippen molar-refractivity contribution in [2.75, 3.05) is 4.90 Å². The molecular weight excluding hydrogens is 450 g/mol. The van der Waals surface area contributed by atoms with Gasteiger partial charge in [-0.1, -0.05) is 35.1 Å². The number of pyridine rings is 1. The largest absolute Gasteiger partial charge is 0.444 e. The first kappa shape index (κ1) is 18.2. The molecule has 3 heterocycles. The lowest BCUT2D eigenvalue weighted by atomic mass is 10.2. The zero-order valence-electron chi connectivity index (χ0n) is 14.1. The first-order valence-electron chi connectivity index (χ1n) is 8.05. The van der Waals surface area contributed by atoms with Crippen molar-refractivity contribution in [1.82, 2.24) is 9.97 Å². The van der Waals surface area contributed by atoms with Gasteiger partial charge in [-0.25, -0.2) is 4.98 Å². The summed E-state index contributed by atoms with van der Waals surface area (Å²) < 4.78 is 6.81. The number of anilines is 1. The molecule has 1 aromatic carbocycles. The number of furan rings is 1. The fourth-order valence-electron chi connectivity index (χ4n) is 2.65. The highest BCUT2D eigenvalue weighted by Crippen LogP contribution is 2.36. The Hall–Kier alpha value is -2.22. The molecule has 0 aliphatic rings. The molecule has 4 aromatic rings. The predicted molar refractivity (Wildman–Crippen MR) is 111 cm³/mol. The van der Waals surface area contributed by atoms with E-state index in [1.54, 1.807) is 23.2 Å². The molecule has 0 radical (unpaired) electrons. The van der Waals surface area contributed by atoms with Gasteiger partial charge in [0.1, 0.15) is 0 Å². The zero-order chi connectivity index (χ0) is 19.0. The van der Waals surface area contributed by atoms with Crippen LogP contribution < -0.4 is 4.90 Å². The smallest absolute Gasteiger partial charge is 0.296 e. The van der Waals surface area contributed by atoms with E-state index in [1.165, 1.54) is 11.3 Å². The molecule has 5 nitrogen and oxygen atoms in total. The highest BCUT2D eigenvalue weighted by Gasteiger charge is 2.25. The van der Waals surface area contributed by atoms with Crippen LogP contribution in [0.2, 0.25) is 5.02 Å². The second-order valence-corrected chi connectivity index (χ2v) is 8.02. The van der Waals surface area contributed by atoms with Gasteiger partial charge >= 0.3 is 0 Å². The molecule has 0 aliphatic carbocycles. The first-order valence-corrected chi connectivity index (χ1v) is 10.0. The van der Waals surface area contributed by atoms with Crippen molar-refractivity contribution in [3.05, 3.63) is 75.4 Å². The second-order valence-electron chi connectivity index (χ2n) is 5.85. The Morgan fingerprint density at radius 3 is 2.78 bits per heavy atom. The van der Waals surface area contributed by atoms with Crippen molar-refractivity contribution >= 4 is 60.1 Å². The Kier molecular flexibility index (Phi) is 4.99. The van der Waals surface area contributed by atoms with Crippen molar-refractivity contribution in [3.63, 3.8) is 0 Å². The number of thiazole rings is 1. The van der Waals surface area contributed by atoms with Crippen molar-refractivity contribution < 1.29 is 9.21 Å². The Labute approximate surface area is 172 Å². The van der Waals surface area contributed by atoms with Crippen LogP contribution in [0, 0.1) is 6.92 Å². The summed E-state index contributed by atoms with van der Waals surface area (Å²) in [6, 6.07) is 12.7. The van der Waals surface area contributed by atoms with Crippen LogP contribution in [0.1, 0.15) is 21.8 Å². The molecule has 1 amide bonds. The SMILES string of the molecule is Cc1ccc(Cl)c2sc(N(Cc3ccccn3)C(=O)c3ccc(Br)o3)nc12. The van der Waals surface area contributed by atoms with Gasteiger partial charge in [0.05, 0.1) is 27.5 Å². The third kappa shape index (κ3) is 3.63. The molecule has 3 aromatic heterocycles. The van der Waals surface area contributed by atoms with E-state index in [0.717, 1.165) is 21.5 Å². The van der Waals surface area contributed by atoms with Gasteiger partial charge in [0.25, 0.3) is 5.91 Å². The number of aryl methyl sites for hydroxylation is 1. The van der Waals surface area contributed by atoms with Crippen molar-refractivity contribution in [2.45, 2.75) is 13.5 Å². The number of carbonyl (C=O) groups excluding carboxylic acids is 1.